The number of amides is 1. The SMILES string of the molecule is CN(C)C(=O)C=C1CNCCC1O.Cc1ccc(S(=O)(=O)O)cc1. The maximum absolute atomic E-state index is 11.3. The quantitative estimate of drug-likeness (QED) is 0.529. The van der Waals surface area contributed by atoms with Crippen molar-refractivity contribution in [2.45, 2.75) is 24.3 Å². The van der Waals surface area contributed by atoms with Gasteiger partial charge in [0, 0.05) is 26.7 Å². The molecule has 1 heterocycles. The van der Waals surface area contributed by atoms with Gasteiger partial charge in [-0.05, 0) is 37.6 Å². The first-order chi connectivity index (χ1) is 11.1. The van der Waals surface area contributed by atoms with E-state index in [4.69, 9.17) is 4.55 Å². The highest BCUT2D eigenvalue weighted by Gasteiger charge is 2.16. The Labute approximate surface area is 142 Å². The van der Waals surface area contributed by atoms with Gasteiger partial charge in [-0.15, -0.1) is 0 Å². The summed E-state index contributed by atoms with van der Waals surface area (Å²) in [6, 6.07) is 5.99. The van der Waals surface area contributed by atoms with Crippen LogP contribution in [0.1, 0.15) is 12.0 Å². The zero-order valence-corrected chi connectivity index (χ0v) is 14.9. The van der Waals surface area contributed by atoms with Crippen molar-refractivity contribution in [1.82, 2.24) is 10.2 Å². The minimum absolute atomic E-state index is 0.0666. The van der Waals surface area contributed by atoms with Gasteiger partial charge in [0.15, 0.2) is 0 Å². The Kier molecular flexibility index (Phi) is 7.56. The van der Waals surface area contributed by atoms with Crippen LogP contribution in [0.2, 0.25) is 0 Å². The summed E-state index contributed by atoms with van der Waals surface area (Å²) in [4.78, 5) is 12.7. The Balaban J connectivity index is 0.000000243. The summed E-state index contributed by atoms with van der Waals surface area (Å²) in [5.74, 6) is -0.0715. The molecule has 1 aliphatic heterocycles. The van der Waals surface area contributed by atoms with E-state index in [1.165, 1.54) is 23.1 Å². The summed E-state index contributed by atoms with van der Waals surface area (Å²) in [5.41, 5.74) is 1.74. The third-order valence-corrected chi connectivity index (χ3v) is 4.29. The van der Waals surface area contributed by atoms with Crippen LogP contribution >= 0.6 is 0 Å². The summed E-state index contributed by atoms with van der Waals surface area (Å²) in [7, 11) is -0.627. The third kappa shape index (κ3) is 6.79. The fourth-order valence-electron chi connectivity index (χ4n) is 1.92. The predicted octanol–water partition coefficient (Wildman–Crippen LogP) is 0.597. The van der Waals surface area contributed by atoms with Gasteiger partial charge in [-0.3, -0.25) is 9.35 Å². The Bertz CT molecular complexity index is 681. The van der Waals surface area contributed by atoms with Crippen LogP contribution in [-0.2, 0) is 14.9 Å². The molecule has 1 aliphatic rings. The second kappa shape index (κ2) is 8.93. The average molecular weight is 356 g/mol. The molecule has 0 radical (unpaired) electrons. The van der Waals surface area contributed by atoms with Crippen molar-refractivity contribution >= 4 is 16.0 Å². The second-order valence-corrected chi connectivity index (χ2v) is 7.14. The molecule has 0 bridgehead atoms. The molecule has 134 valence electrons. The molecule has 0 aliphatic carbocycles. The lowest BCUT2D eigenvalue weighted by molar-refractivity contribution is -0.123. The number of nitrogens with zero attached hydrogens (tertiary/aromatic N) is 1. The summed E-state index contributed by atoms with van der Waals surface area (Å²) < 4.78 is 29.6. The van der Waals surface area contributed by atoms with E-state index in [0.29, 0.717) is 13.0 Å². The van der Waals surface area contributed by atoms with Gasteiger partial charge in [0.2, 0.25) is 5.91 Å². The number of likely N-dealkylation sites (N-methyl/N-ethyl adjacent to an activating group) is 1. The molecule has 1 aromatic rings. The van der Waals surface area contributed by atoms with Gasteiger partial charge < -0.3 is 15.3 Å². The van der Waals surface area contributed by atoms with Gasteiger partial charge in [0.25, 0.3) is 10.1 Å². The van der Waals surface area contributed by atoms with Crippen LogP contribution in [0, 0.1) is 6.92 Å². The van der Waals surface area contributed by atoms with Gasteiger partial charge >= 0.3 is 0 Å². The van der Waals surface area contributed by atoms with E-state index in [1.807, 2.05) is 6.92 Å². The number of aliphatic hydroxyl groups is 1. The number of carbonyl (C=O) groups is 1. The number of hydrogen-bond acceptors (Lipinski definition) is 5. The number of piperidine rings is 1. The fourth-order valence-corrected chi connectivity index (χ4v) is 2.40. The lowest BCUT2D eigenvalue weighted by atomic mass is 10.0. The molecule has 0 saturated carbocycles. The first kappa shape index (κ1) is 20.3. The minimum atomic E-state index is -4.02. The van der Waals surface area contributed by atoms with Gasteiger partial charge in [0.05, 0.1) is 11.0 Å². The number of aryl methyl sites for hydroxylation is 1. The molecule has 8 heteroatoms. The number of benzene rings is 1. The molecule has 1 unspecified atom stereocenters. The Morgan fingerprint density at radius 2 is 1.88 bits per heavy atom. The molecular formula is C16H24N2O5S. The molecule has 2 rings (SSSR count). The molecular weight excluding hydrogens is 332 g/mol. The summed E-state index contributed by atoms with van der Waals surface area (Å²) in [5, 5.41) is 12.6. The van der Waals surface area contributed by atoms with Gasteiger partial charge in [0.1, 0.15) is 0 Å². The highest BCUT2D eigenvalue weighted by Crippen LogP contribution is 2.10. The molecule has 1 fully saturated rings. The van der Waals surface area contributed by atoms with Gasteiger partial charge in [-0.25, -0.2) is 0 Å². The maximum Gasteiger partial charge on any atom is 0.294 e. The van der Waals surface area contributed by atoms with Crippen molar-refractivity contribution in [3.05, 3.63) is 41.5 Å². The summed E-state index contributed by atoms with van der Waals surface area (Å²) in [6.45, 7) is 3.27. The number of nitrogens with one attached hydrogen (secondary N) is 1. The molecule has 0 aromatic heterocycles. The van der Waals surface area contributed by atoms with E-state index >= 15 is 0 Å². The van der Waals surface area contributed by atoms with E-state index in [1.54, 1.807) is 26.2 Å². The summed E-state index contributed by atoms with van der Waals surface area (Å²) >= 11 is 0. The molecule has 1 atom stereocenters. The minimum Gasteiger partial charge on any atom is -0.389 e. The summed E-state index contributed by atoms with van der Waals surface area (Å²) in [6.07, 6.45) is 1.74. The number of carbonyl (C=O) groups excluding carboxylic acids is 1. The van der Waals surface area contributed by atoms with Crippen molar-refractivity contribution in [1.29, 1.82) is 0 Å². The maximum atomic E-state index is 11.3. The van der Waals surface area contributed by atoms with Crippen molar-refractivity contribution < 1.29 is 22.9 Å². The molecule has 0 spiro atoms. The van der Waals surface area contributed by atoms with Crippen molar-refractivity contribution in [2.24, 2.45) is 0 Å². The topological polar surface area (TPSA) is 107 Å². The monoisotopic (exact) mass is 356 g/mol. The molecule has 1 amide bonds. The van der Waals surface area contributed by atoms with E-state index in [-0.39, 0.29) is 10.8 Å². The van der Waals surface area contributed by atoms with Gasteiger partial charge in [-0.2, -0.15) is 8.42 Å². The van der Waals surface area contributed by atoms with Crippen LogP contribution < -0.4 is 5.32 Å². The molecule has 1 saturated heterocycles. The Morgan fingerprint density at radius 3 is 2.33 bits per heavy atom. The van der Waals surface area contributed by atoms with Gasteiger partial charge in [-0.1, -0.05) is 17.7 Å². The highest BCUT2D eigenvalue weighted by molar-refractivity contribution is 7.85. The fraction of sp³-hybridized carbons (Fsp3) is 0.438. The van der Waals surface area contributed by atoms with Crippen LogP contribution in [0.25, 0.3) is 0 Å². The number of aliphatic hydroxyl groups excluding tert-OH is 1. The lowest BCUT2D eigenvalue weighted by Crippen LogP contribution is -2.34. The molecule has 7 nitrogen and oxygen atoms in total. The normalized spacial score (nSPS) is 19.4. The molecule has 3 N–H and O–H groups in total. The van der Waals surface area contributed by atoms with Crippen LogP contribution in [0.5, 0.6) is 0 Å². The Hall–Kier alpha value is -1.74. The zero-order valence-electron chi connectivity index (χ0n) is 14.1. The first-order valence-electron chi connectivity index (χ1n) is 7.46. The molecule has 24 heavy (non-hydrogen) atoms. The molecule has 1 aromatic carbocycles. The standard InChI is InChI=1S/C9H16N2O2.C7H8O3S/c1-11(2)9(13)5-7-6-10-4-3-8(7)12;1-6-2-4-7(5-3-6)11(8,9)10/h5,8,10,12H,3-4,6H2,1-2H3;2-5H,1H3,(H,8,9,10). The third-order valence-electron chi connectivity index (χ3n) is 3.42. The van der Waals surface area contributed by atoms with E-state index in [2.05, 4.69) is 5.32 Å². The van der Waals surface area contributed by atoms with Crippen LogP contribution in [0.15, 0.2) is 40.8 Å². The smallest absolute Gasteiger partial charge is 0.294 e. The Morgan fingerprint density at radius 1 is 1.29 bits per heavy atom. The van der Waals surface area contributed by atoms with Crippen molar-refractivity contribution in [3.63, 3.8) is 0 Å². The number of hydrogen-bond donors (Lipinski definition) is 3. The van der Waals surface area contributed by atoms with Crippen molar-refractivity contribution in [2.75, 3.05) is 27.2 Å². The van der Waals surface area contributed by atoms with E-state index in [0.717, 1.165) is 17.7 Å². The van der Waals surface area contributed by atoms with Crippen LogP contribution in [0.4, 0.5) is 0 Å². The van der Waals surface area contributed by atoms with E-state index in [9.17, 15) is 18.3 Å². The lowest BCUT2D eigenvalue weighted by Gasteiger charge is -2.22. The van der Waals surface area contributed by atoms with E-state index < -0.39 is 16.2 Å². The predicted molar refractivity (Wildman–Crippen MR) is 91.3 cm³/mol. The number of rotatable bonds is 2. The largest absolute Gasteiger partial charge is 0.389 e. The average Bonchev–Trinajstić information content (AvgIpc) is 2.49. The second-order valence-electron chi connectivity index (χ2n) is 5.72. The first-order valence-corrected chi connectivity index (χ1v) is 8.90. The highest BCUT2D eigenvalue weighted by atomic mass is 32.2. The van der Waals surface area contributed by atoms with Crippen molar-refractivity contribution in [3.8, 4) is 0 Å². The van der Waals surface area contributed by atoms with Crippen LogP contribution in [-0.4, -0.2) is 62.2 Å². The van der Waals surface area contributed by atoms with Crippen LogP contribution in [0.3, 0.4) is 0 Å². The zero-order chi connectivity index (χ0) is 18.3.